The molecule has 156 valence electrons. The lowest BCUT2D eigenvalue weighted by atomic mass is 9.97. The molecule has 1 fully saturated rings. The van der Waals surface area contributed by atoms with Gasteiger partial charge in [-0.25, -0.2) is 4.98 Å². The maximum Gasteiger partial charge on any atom is 0.291 e. The number of methoxy groups -OCH3 is 2. The minimum Gasteiger partial charge on any atom is -0.497 e. The molecule has 0 spiro atoms. The molecule has 30 heavy (non-hydrogen) atoms. The number of benzene rings is 2. The van der Waals surface area contributed by atoms with Crippen LogP contribution in [0.25, 0.3) is 11.0 Å². The van der Waals surface area contributed by atoms with Crippen LogP contribution >= 0.6 is 0 Å². The molecule has 1 aromatic heterocycles. The van der Waals surface area contributed by atoms with E-state index in [9.17, 15) is 9.59 Å². The number of anilines is 2. The van der Waals surface area contributed by atoms with Gasteiger partial charge in [0.2, 0.25) is 5.91 Å². The molecule has 0 bridgehead atoms. The maximum atomic E-state index is 12.9. The number of rotatable bonds is 5. The van der Waals surface area contributed by atoms with Crippen LogP contribution in [0, 0.1) is 5.92 Å². The van der Waals surface area contributed by atoms with Gasteiger partial charge in [-0.3, -0.25) is 9.59 Å². The van der Waals surface area contributed by atoms with Crippen LogP contribution in [0.3, 0.4) is 0 Å². The topological polar surface area (TPSA) is 96.5 Å². The highest BCUT2D eigenvalue weighted by Gasteiger charge is 2.28. The van der Waals surface area contributed by atoms with Crippen molar-refractivity contribution in [2.75, 3.05) is 37.5 Å². The van der Waals surface area contributed by atoms with E-state index in [0.717, 1.165) is 18.4 Å². The Hall–Kier alpha value is -3.55. The third kappa shape index (κ3) is 4.07. The summed E-state index contributed by atoms with van der Waals surface area (Å²) < 4.78 is 10.5. The molecular formula is C22H24N4O4. The summed E-state index contributed by atoms with van der Waals surface area (Å²) in [4.78, 5) is 34.8. The Morgan fingerprint density at radius 3 is 2.63 bits per heavy atom. The zero-order valence-electron chi connectivity index (χ0n) is 17.0. The first-order chi connectivity index (χ1) is 14.6. The Morgan fingerprint density at radius 1 is 1.17 bits per heavy atom. The van der Waals surface area contributed by atoms with Crippen molar-refractivity contribution in [1.82, 2.24) is 9.97 Å². The van der Waals surface area contributed by atoms with E-state index in [2.05, 4.69) is 15.3 Å². The Kier molecular flexibility index (Phi) is 5.56. The summed E-state index contributed by atoms with van der Waals surface area (Å²) in [7, 11) is 3.13. The lowest BCUT2D eigenvalue weighted by molar-refractivity contribution is -0.120. The van der Waals surface area contributed by atoms with Crippen LogP contribution in [0.2, 0.25) is 0 Å². The predicted molar refractivity (Wildman–Crippen MR) is 115 cm³/mol. The van der Waals surface area contributed by atoms with Gasteiger partial charge < -0.3 is 24.7 Å². The summed E-state index contributed by atoms with van der Waals surface area (Å²) >= 11 is 0. The first kappa shape index (κ1) is 19.8. The van der Waals surface area contributed by atoms with Crippen molar-refractivity contribution in [3.63, 3.8) is 0 Å². The van der Waals surface area contributed by atoms with Crippen LogP contribution < -0.4 is 25.2 Å². The molecule has 1 unspecified atom stereocenters. The van der Waals surface area contributed by atoms with E-state index in [0.29, 0.717) is 41.6 Å². The van der Waals surface area contributed by atoms with Crippen LogP contribution in [0.4, 0.5) is 11.5 Å². The summed E-state index contributed by atoms with van der Waals surface area (Å²) in [6.07, 6.45) is 1.54. The van der Waals surface area contributed by atoms with E-state index >= 15 is 0 Å². The van der Waals surface area contributed by atoms with Crippen molar-refractivity contribution in [1.29, 1.82) is 0 Å². The number of carbonyl (C=O) groups excluding carboxylic acids is 1. The minimum atomic E-state index is -0.261. The van der Waals surface area contributed by atoms with Crippen molar-refractivity contribution in [3.8, 4) is 11.5 Å². The zero-order valence-corrected chi connectivity index (χ0v) is 17.0. The van der Waals surface area contributed by atoms with Crippen molar-refractivity contribution in [2.45, 2.75) is 12.8 Å². The van der Waals surface area contributed by atoms with Gasteiger partial charge in [-0.2, -0.15) is 0 Å². The van der Waals surface area contributed by atoms with E-state index < -0.39 is 0 Å². The summed E-state index contributed by atoms with van der Waals surface area (Å²) in [5, 5.41) is 2.95. The number of H-pyrrole nitrogens is 1. The number of ether oxygens (including phenoxy) is 2. The fourth-order valence-corrected chi connectivity index (χ4v) is 3.74. The molecule has 1 aliphatic heterocycles. The molecule has 0 saturated carbocycles. The molecule has 0 radical (unpaired) electrons. The van der Waals surface area contributed by atoms with Gasteiger partial charge in [0.25, 0.3) is 5.56 Å². The minimum absolute atomic E-state index is 0.104. The average molecular weight is 408 g/mol. The van der Waals surface area contributed by atoms with Crippen LogP contribution in [0.1, 0.15) is 12.8 Å². The van der Waals surface area contributed by atoms with Crippen LogP contribution in [0.5, 0.6) is 11.5 Å². The Morgan fingerprint density at radius 2 is 1.90 bits per heavy atom. The SMILES string of the molecule is COc1cc(NC(=O)C2CCCN(c3nc4ccccc4[nH]c3=O)C2)cc(OC)c1. The highest BCUT2D eigenvalue weighted by Crippen LogP contribution is 2.27. The monoisotopic (exact) mass is 408 g/mol. The predicted octanol–water partition coefficient (Wildman–Crippen LogP) is 2.80. The lowest BCUT2D eigenvalue weighted by Crippen LogP contribution is -2.43. The molecule has 1 atom stereocenters. The smallest absolute Gasteiger partial charge is 0.291 e. The average Bonchev–Trinajstić information content (AvgIpc) is 2.78. The molecule has 2 aromatic carbocycles. The van der Waals surface area contributed by atoms with Gasteiger partial charge in [0.15, 0.2) is 5.82 Å². The normalized spacial score (nSPS) is 16.3. The van der Waals surface area contributed by atoms with E-state index in [1.165, 1.54) is 0 Å². The van der Waals surface area contributed by atoms with Gasteiger partial charge in [-0.1, -0.05) is 12.1 Å². The van der Waals surface area contributed by atoms with Crippen molar-refractivity contribution < 1.29 is 14.3 Å². The van der Waals surface area contributed by atoms with Gasteiger partial charge in [0.1, 0.15) is 11.5 Å². The fourth-order valence-electron chi connectivity index (χ4n) is 3.74. The molecule has 2 heterocycles. The maximum absolute atomic E-state index is 12.9. The molecule has 4 rings (SSSR count). The summed E-state index contributed by atoms with van der Waals surface area (Å²) in [6, 6.07) is 12.7. The molecule has 8 nitrogen and oxygen atoms in total. The summed E-state index contributed by atoms with van der Waals surface area (Å²) in [5.74, 6) is 1.19. The second-order valence-electron chi connectivity index (χ2n) is 7.28. The van der Waals surface area contributed by atoms with E-state index in [1.54, 1.807) is 32.4 Å². The molecule has 1 aliphatic rings. The first-order valence-electron chi connectivity index (χ1n) is 9.85. The standard InChI is InChI=1S/C22H24N4O4/c1-29-16-10-15(11-17(12-16)30-2)23-21(27)14-6-5-9-26(13-14)20-22(28)25-19-8-4-3-7-18(19)24-20/h3-4,7-8,10-12,14H,5-6,9,13H2,1-2H3,(H,23,27)(H,25,28). The van der Waals surface area contributed by atoms with Gasteiger partial charge in [-0.05, 0) is 25.0 Å². The molecule has 0 aliphatic carbocycles. The van der Waals surface area contributed by atoms with Crippen LogP contribution in [-0.2, 0) is 4.79 Å². The highest BCUT2D eigenvalue weighted by molar-refractivity contribution is 5.93. The van der Waals surface area contributed by atoms with Gasteiger partial charge in [-0.15, -0.1) is 0 Å². The van der Waals surface area contributed by atoms with Crippen molar-refractivity contribution >= 4 is 28.4 Å². The Labute approximate surface area is 173 Å². The number of nitrogens with zero attached hydrogens (tertiary/aromatic N) is 2. The summed E-state index contributed by atoms with van der Waals surface area (Å²) in [5.41, 5.74) is 1.79. The zero-order chi connectivity index (χ0) is 21.1. The number of aromatic amines is 1. The molecule has 2 N–H and O–H groups in total. The first-order valence-corrected chi connectivity index (χ1v) is 9.85. The second kappa shape index (κ2) is 8.44. The van der Waals surface area contributed by atoms with Crippen LogP contribution in [0.15, 0.2) is 47.3 Å². The van der Waals surface area contributed by atoms with E-state index in [-0.39, 0.29) is 17.4 Å². The number of para-hydroxylation sites is 2. The van der Waals surface area contributed by atoms with Crippen molar-refractivity contribution in [3.05, 3.63) is 52.8 Å². The third-order valence-electron chi connectivity index (χ3n) is 5.29. The van der Waals surface area contributed by atoms with Gasteiger partial charge in [0.05, 0.1) is 31.2 Å². The number of amides is 1. The molecule has 8 heteroatoms. The lowest BCUT2D eigenvalue weighted by Gasteiger charge is -2.32. The van der Waals surface area contributed by atoms with E-state index in [4.69, 9.17) is 9.47 Å². The van der Waals surface area contributed by atoms with Crippen molar-refractivity contribution in [2.24, 2.45) is 5.92 Å². The van der Waals surface area contributed by atoms with E-state index in [1.807, 2.05) is 29.2 Å². The van der Waals surface area contributed by atoms with Crippen LogP contribution in [-0.4, -0.2) is 43.2 Å². The Balaban J connectivity index is 1.52. The van der Waals surface area contributed by atoms with Gasteiger partial charge >= 0.3 is 0 Å². The molecule has 3 aromatic rings. The fraction of sp³-hybridized carbons (Fsp3) is 0.318. The summed E-state index contributed by atoms with van der Waals surface area (Å²) in [6.45, 7) is 1.12. The number of nitrogens with one attached hydrogen (secondary N) is 2. The largest absolute Gasteiger partial charge is 0.497 e. The molecular weight excluding hydrogens is 384 g/mol. The van der Waals surface area contributed by atoms with Gasteiger partial charge in [0, 0.05) is 37.0 Å². The number of hydrogen-bond donors (Lipinski definition) is 2. The molecule has 1 saturated heterocycles. The number of hydrogen-bond acceptors (Lipinski definition) is 6. The Bertz CT molecular complexity index is 1110. The number of piperidine rings is 1. The number of fused-ring (bicyclic) bond motifs is 1. The molecule has 1 amide bonds. The highest BCUT2D eigenvalue weighted by atomic mass is 16.5. The quantitative estimate of drug-likeness (QED) is 0.674. The second-order valence-corrected chi connectivity index (χ2v) is 7.28. The number of aromatic nitrogens is 2. The third-order valence-corrected chi connectivity index (χ3v) is 5.29. The number of carbonyl (C=O) groups is 1.